The monoisotopic (exact) mass is 396 g/mol. The van der Waals surface area contributed by atoms with Crippen LogP contribution in [0.1, 0.15) is 29.2 Å². The molecule has 22 heavy (non-hydrogen) atoms. The molecule has 0 saturated carbocycles. The fraction of sp³-hybridized carbons (Fsp3) is 0.417. The van der Waals surface area contributed by atoms with Gasteiger partial charge in [0.1, 0.15) is 6.04 Å². The van der Waals surface area contributed by atoms with E-state index in [9.17, 15) is 18.0 Å². The number of carbonyl (C=O) groups is 1. The molecule has 0 aliphatic rings. The number of aryl methyl sites for hydroxylation is 1. The zero-order valence-corrected chi connectivity index (χ0v) is 14.2. The van der Waals surface area contributed by atoms with Crippen LogP contribution < -0.4 is 5.32 Å². The van der Waals surface area contributed by atoms with Crippen molar-refractivity contribution in [2.45, 2.75) is 33.0 Å². The largest absolute Gasteiger partial charge is 0.436 e. The molecule has 1 N–H and O–H groups in total. The molecule has 1 unspecified atom stereocenters. The summed E-state index contributed by atoms with van der Waals surface area (Å²) in [5.74, 6) is -0.485. The van der Waals surface area contributed by atoms with Crippen LogP contribution in [-0.2, 0) is 11.0 Å². The second-order valence-corrected chi connectivity index (χ2v) is 6.66. The van der Waals surface area contributed by atoms with Gasteiger partial charge in [0, 0.05) is 11.1 Å². The zero-order chi connectivity index (χ0) is 16.7. The third-order valence-electron chi connectivity index (χ3n) is 2.94. The summed E-state index contributed by atoms with van der Waals surface area (Å²) in [4.78, 5) is 17.0. The summed E-state index contributed by atoms with van der Waals surface area (Å²) in [6.07, 6.45) is -2.99. The average Bonchev–Trinajstić information content (AvgIpc) is 2.93. The molecule has 0 spiro atoms. The van der Waals surface area contributed by atoms with Gasteiger partial charge >= 0.3 is 6.18 Å². The second kappa shape index (κ2) is 5.99. The third-order valence-corrected chi connectivity index (χ3v) is 4.72. The molecule has 0 radical (unpaired) electrons. The Morgan fingerprint density at radius 1 is 1.45 bits per heavy atom. The highest BCUT2D eigenvalue weighted by atomic mass is 79.9. The van der Waals surface area contributed by atoms with Crippen molar-refractivity contribution in [1.82, 2.24) is 14.8 Å². The number of alkyl halides is 3. The van der Waals surface area contributed by atoms with Gasteiger partial charge in [-0.2, -0.15) is 18.3 Å². The van der Waals surface area contributed by atoms with Gasteiger partial charge < -0.3 is 5.32 Å². The molecular formula is C12H12BrF3N4OS. The van der Waals surface area contributed by atoms with Gasteiger partial charge in [-0.05, 0) is 36.7 Å². The molecular weight excluding hydrogens is 385 g/mol. The van der Waals surface area contributed by atoms with Gasteiger partial charge in [0.25, 0.3) is 5.91 Å². The molecule has 0 fully saturated rings. The molecule has 2 heterocycles. The molecule has 0 aliphatic carbocycles. The van der Waals surface area contributed by atoms with Crippen molar-refractivity contribution in [1.29, 1.82) is 0 Å². The standard InChI is InChI=1S/C12H12BrF3N4OS/c1-5-4-17-11(22-5)18-10(21)7(3)20-6(2)8(13)9(19-20)12(14,15)16/h4,7H,1-3H3,(H,17,18,21). The van der Waals surface area contributed by atoms with E-state index in [-0.39, 0.29) is 10.2 Å². The Balaban J connectivity index is 2.25. The van der Waals surface area contributed by atoms with Crippen molar-refractivity contribution in [2.24, 2.45) is 0 Å². The van der Waals surface area contributed by atoms with E-state index in [1.807, 2.05) is 6.92 Å². The molecule has 2 aromatic heterocycles. The van der Waals surface area contributed by atoms with Gasteiger partial charge in [0.2, 0.25) is 0 Å². The van der Waals surface area contributed by atoms with Crippen LogP contribution in [0.2, 0.25) is 0 Å². The molecule has 5 nitrogen and oxygen atoms in total. The minimum Gasteiger partial charge on any atom is -0.300 e. The van der Waals surface area contributed by atoms with Crippen molar-refractivity contribution in [3.05, 3.63) is 26.9 Å². The topological polar surface area (TPSA) is 59.8 Å². The zero-order valence-electron chi connectivity index (χ0n) is 11.8. The Morgan fingerprint density at radius 2 is 2.09 bits per heavy atom. The molecule has 120 valence electrons. The molecule has 0 bridgehead atoms. The number of halogens is 4. The number of hydrogen-bond donors (Lipinski definition) is 1. The summed E-state index contributed by atoms with van der Waals surface area (Å²) in [6.45, 7) is 4.77. The fourth-order valence-corrected chi connectivity index (χ4v) is 2.94. The third kappa shape index (κ3) is 3.32. The first-order valence-electron chi connectivity index (χ1n) is 6.16. The predicted molar refractivity (Wildman–Crippen MR) is 79.9 cm³/mol. The summed E-state index contributed by atoms with van der Waals surface area (Å²) in [6, 6.07) is -0.906. The normalized spacial score (nSPS) is 13.2. The summed E-state index contributed by atoms with van der Waals surface area (Å²) in [7, 11) is 0. The van der Waals surface area contributed by atoms with Crippen LogP contribution >= 0.6 is 27.3 Å². The average molecular weight is 397 g/mol. The maximum atomic E-state index is 12.8. The van der Waals surface area contributed by atoms with Gasteiger partial charge in [0.05, 0.1) is 10.2 Å². The van der Waals surface area contributed by atoms with E-state index >= 15 is 0 Å². The van der Waals surface area contributed by atoms with E-state index < -0.39 is 23.8 Å². The molecule has 0 saturated heterocycles. The lowest BCUT2D eigenvalue weighted by Gasteiger charge is -2.13. The van der Waals surface area contributed by atoms with Gasteiger partial charge in [0.15, 0.2) is 10.8 Å². The number of nitrogens with zero attached hydrogens (tertiary/aromatic N) is 3. The SMILES string of the molecule is Cc1cnc(NC(=O)C(C)n2nc(C(F)(F)F)c(Br)c2C)s1. The summed E-state index contributed by atoms with van der Waals surface area (Å²) < 4.78 is 39.4. The highest BCUT2D eigenvalue weighted by Crippen LogP contribution is 2.36. The molecule has 0 aliphatic heterocycles. The molecule has 2 aromatic rings. The second-order valence-electron chi connectivity index (χ2n) is 4.63. The smallest absolute Gasteiger partial charge is 0.300 e. The van der Waals surface area contributed by atoms with Crippen LogP contribution in [0.3, 0.4) is 0 Å². The van der Waals surface area contributed by atoms with E-state index in [1.54, 1.807) is 6.20 Å². The maximum absolute atomic E-state index is 12.8. The van der Waals surface area contributed by atoms with Crippen LogP contribution in [0.4, 0.5) is 18.3 Å². The lowest BCUT2D eigenvalue weighted by molar-refractivity contribution is -0.142. The Morgan fingerprint density at radius 3 is 2.55 bits per heavy atom. The fourth-order valence-electron chi connectivity index (χ4n) is 1.79. The quantitative estimate of drug-likeness (QED) is 0.854. The molecule has 1 atom stereocenters. The van der Waals surface area contributed by atoms with Crippen molar-refractivity contribution in [3.63, 3.8) is 0 Å². The number of hydrogen-bond acceptors (Lipinski definition) is 4. The number of aromatic nitrogens is 3. The summed E-state index contributed by atoms with van der Waals surface area (Å²) >= 11 is 4.16. The molecule has 10 heteroatoms. The lowest BCUT2D eigenvalue weighted by atomic mass is 10.3. The molecule has 1 amide bonds. The Kier molecular flexibility index (Phi) is 4.62. The van der Waals surface area contributed by atoms with Crippen molar-refractivity contribution in [3.8, 4) is 0 Å². The van der Waals surface area contributed by atoms with Crippen LogP contribution in [0.5, 0.6) is 0 Å². The molecule has 2 rings (SSSR count). The van der Waals surface area contributed by atoms with E-state index in [1.165, 1.54) is 25.2 Å². The van der Waals surface area contributed by atoms with Crippen molar-refractivity contribution in [2.75, 3.05) is 5.32 Å². The summed E-state index contributed by atoms with van der Waals surface area (Å²) in [5.41, 5.74) is -0.819. The van der Waals surface area contributed by atoms with E-state index in [0.29, 0.717) is 5.13 Å². The van der Waals surface area contributed by atoms with Crippen LogP contribution in [0, 0.1) is 13.8 Å². The Labute approximate surface area is 136 Å². The van der Waals surface area contributed by atoms with Gasteiger partial charge in [-0.15, -0.1) is 11.3 Å². The van der Waals surface area contributed by atoms with Crippen LogP contribution in [0.25, 0.3) is 0 Å². The van der Waals surface area contributed by atoms with Gasteiger partial charge in [-0.3, -0.25) is 9.48 Å². The number of anilines is 1. The number of nitrogens with one attached hydrogen (secondary N) is 1. The molecule has 0 aromatic carbocycles. The van der Waals surface area contributed by atoms with E-state index in [0.717, 1.165) is 9.56 Å². The number of carbonyl (C=O) groups excluding carboxylic acids is 1. The first-order chi connectivity index (χ1) is 10.1. The Bertz CT molecular complexity index is 710. The van der Waals surface area contributed by atoms with Gasteiger partial charge in [-0.1, -0.05) is 0 Å². The van der Waals surface area contributed by atoms with E-state index in [2.05, 4.69) is 31.3 Å². The number of amides is 1. The van der Waals surface area contributed by atoms with Gasteiger partial charge in [-0.25, -0.2) is 4.98 Å². The minimum absolute atomic E-state index is 0.162. The highest BCUT2D eigenvalue weighted by Gasteiger charge is 2.39. The Hall–Kier alpha value is -1.42. The first kappa shape index (κ1) is 16.9. The highest BCUT2D eigenvalue weighted by molar-refractivity contribution is 9.10. The predicted octanol–water partition coefficient (Wildman–Crippen LogP) is 3.94. The van der Waals surface area contributed by atoms with Crippen molar-refractivity contribution < 1.29 is 18.0 Å². The van der Waals surface area contributed by atoms with Crippen molar-refractivity contribution >= 4 is 38.3 Å². The minimum atomic E-state index is -4.59. The maximum Gasteiger partial charge on any atom is 0.436 e. The number of rotatable bonds is 3. The van der Waals surface area contributed by atoms with Crippen LogP contribution in [0.15, 0.2) is 10.7 Å². The summed E-state index contributed by atoms with van der Waals surface area (Å²) in [5, 5.41) is 6.48. The number of thiazole rings is 1. The first-order valence-corrected chi connectivity index (χ1v) is 7.77. The lowest BCUT2D eigenvalue weighted by Crippen LogP contribution is -2.25. The van der Waals surface area contributed by atoms with E-state index in [4.69, 9.17) is 0 Å². The van der Waals surface area contributed by atoms with Crippen LogP contribution in [-0.4, -0.2) is 20.7 Å².